The average Bonchev–Trinajstić information content (AvgIpc) is 2.97. The van der Waals surface area contributed by atoms with Crippen LogP contribution in [0.4, 0.5) is 0 Å². The lowest BCUT2D eigenvalue weighted by atomic mass is 9.82. The van der Waals surface area contributed by atoms with E-state index in [0.29, 0.717) is 18.3 Å². The number of furan rings is 1. The smallest absolute Gasteiger partial charge is 0.138 e. The van der Waals surface area contributed by atoms with Gasteiger partial charge in [-0.3, -0.25) is 0 Å². The fraction of sp³-hybridized carbons (Fsp3) is 0.556. The zero-order chi connectivity index (χ0) is 14.7. The molecule has 1 fully saturated rings. The number of aliphatic hydroxyl groups excluding tert-OH is 1. The highest BCUT2D eigenvalue weighted by Gasteiger charge is 2.32. The van der Waals surface area contributed by atoms with E-state index in [9.17, 15) is 5.11 Å². The van der Waals surface area contributed by atoms with E-state index in [4.69, 9.17) is 9.15 Å². The molecule has 1 saturated carbocycles. The molecular formula is C18H24O3. The third kappa shape index (κ3) is 3.14. The van der Waals surface area contributed by atoms with E-state index < -0.39 is 6.10 Å². The normalized spacial score (nSPS) is 19.7. The number of para-hydroxylation sites is 1. The van der Waals surface area contributed by atoms with Crippen molar-refractivity contribution in [2.75, 3.05) is 6.61 Å². The van der Waals surface area contributed by atoms with Crippen LogP contribution < -0.4 is 0 Å². The molecule has 0 aliphatic heterocycles. The van der Waals surface area contributed by atoms with E-state index in [1.165, 1.54) is 19.3 Å². The third-order valence-corrected chi connectivity index (χ3v) is 4.52. The van der Waals surface area contributed by atoms with Gasteiger partial charge in [0.1, 0.15) is 17.4 Å². The van der Waals surface area contributed by atoms with Crippen LogP contribution in [0.15, 0.2) is 34.7 Å². The molecule has 21 heavy (non-hydrogen) atoms. The lowest BCUT2D eigenvalue weighted by molar-refractivity contribution is -0.0803. The van der Waals surface area contributed by atoms with Gasteiger partial charge >= 0.3 is 0 Å². The predicted octanol–water partition coefficient (Wildman–Crippen LogP) is 4.45. The van der Waals surface area contributed by atoms with E-state index in [-0.39, 0.29) is 6.10 Å². The molecule has 3 rings (SSSR count). The highest BCUT2D eigenvalue weighted by atomic mass is 16.5. The first-order chi connectivity index (χ1) is 10.3. The van der Waals surface area contributed by atoms with Crippen molar-refractivity contribution >= 4 is 11.0 Å². The summed E-state index contributed by atoms with van der Waals surface area (Å²) in [6, 6.07) is 9.81. The molecule has 2 aromatic rings. The first kappa shape index (κ1) is 14.6. The molecule has 0 spiro atoms. The summed E-state index contributed by atoms with van der Waals surface area (Å²) in [6.45, 7) is 2.61. The molecule has 114 valence electrons. The van der Waals surface area contributed by atoms with Crippen molar-refractivity contribution in [1.82, 2.24) is 0 Å². The van der Waals surface area contributed by atoms with Gasteiger partial charge in [-0.25, -0.2) is 0 Å². The van der Waals surface area contributed by atoms with E-state index in [2.05, 4.69) is 0 Å². The minimum atomic E-state index is -0.680. The lowest BCUT2D eigenvalue weighted by Crippen LogP contribution is -2.32. The van der Waals surface area contributed by atoms with Gasteiger partial charge in [-0.05, 0) is 37.8 Å². The minimum absolute atomic E-state index is 0.157. The van der Waals surface area contributed by atoms with Crippen molar-refractivity contribution in [3.05, 3.63) is 36.1 Å². The topological polar surface area (TPSA) is 42.6 Å². The quantitative estimate of drug-likeness (QED) is 0.883. The maximum absolute atomic E-state index is 10.7. The Labute approximate surface area is 125 Å². The summed E-state index contributed by atoms with van der Waals surface area (Å²) >= 11 is 0. The van der Waals surface area contributed by atoms with Crippen molar-refractivity contribution in [1.29, 1.82) is 0 Å². The second kappa shape index (κ2) is 6.63. The van der Waals surface area contributed by atoms with Gasteiger partial charge in [0.25, 0.3) is 0 Å². The van der Waals surface area contributed by atoms with Crippen molar-refractivity contribution in [3.63, 3.8) is 0 Å². The van der Waals surface area contributed by atoms with Crippen molar-refractivity contribution in [2.45, 2.75) is 51.2 Å². The monoisotopic (exact) mass is 288 g/mol. The van der Waals surface area contributed by atoms with Crippen LogP contribution in [0.3, 0.4) is 0 Å². The summed E-state index contributed by atoms with van der Waals surface area (Å²) in [6.07, 6.45) is 5.22. The minimum Gasteiger partial charge on any atom is -0.458 e. The SMILES string of the molecule is CCOC(C1CCCCC1)C(O)c1cc2ccccc2o1. The van der Waals surface area contributed by atoms with Crippen LogP contribution in [-0.2, 0) is 4.74 Å². The van der Waals surface area contributed by atoms with Gasteiger partial charge in [-0.1, -0.05) is 37.5 Å². The second-order valence-corrected chi connectivity index (χ2v) is 5.95. The fourth-order valence-corrected chi connectivity index (χ4v) is 3.45. The molecule has 0 amide bonds. The predicted molar refractivity (Wildman–Crippen MR) is 83.2 cm³/mol. The van der Waals surface area contributed by atoms with Crippen LogP contribution in [0.2, 0.25) is 0 Å². The number of ether oxygens (including phenoxy) is 1. The van der Waals surface area contributed by atoms with Gasteiger partial charge in [0.2, 0.25) is 0 Å². The van der Waals surface area contributed by atoms with Gasteiger partial charge in [-0.2, -0.15) is 0 Å². The first-order valence-electron chi connectivity index (χ1n) is 8.07. The molecule has 1 aromatic heterocycles. The van der Waals surface area contributed by atoms with Crippen LogP contribution in [0.1, 0.15) is 50.9 Å². The maximum Gasteiger partial charge on any atom is 0.138 e. The summed E-state index contributed by atoms with van der Waals surface area (Å²) in [4.78, 5) is 0. The molecule has 3 nitrogen and oxygen atoms in total. The molecule has 1 aliphatic rings. The van der Waals surface area contributed by atoms with Crippen LogP contribution in [0.25, 0.3) is 11.0 Å². The van der Waals surface area contributed by atoms with Gasteiger partial charge < -0.3 is 14.3 Å². The second-order valence-electron chi connectivity index (χ2n) is 5.95. The fourth-order valence-electron chi connectivity index (χ4n) is 3.45. The van der Waals surface area contributed by atoms with E-state index in [1.54, 1.807) is 0 Å². The van der Waals surface area contributed by atoms with E-state index >= 15 is 0 Å². The zero-order valence-electron chi connectivity index (χ0n) is 12.6. The summed E-state index contributed by atoms with van der Waals surface area (Å²) in [5, 5.41) is 11.8. The summed E-state index contributed by atoms with van der Waals surface area (Å²) in [5.41, 5.74) is 0.824. The summed E-state index contributed by atoms with van der Waals surface area (Å²) < 4.78 is 11.7. The Morgan fingerprint density at radius 3 is 2.71 bits per heavy atom. The number of benzene rings is 1. The van der Waals surface area contributed by atoms with Crippen molar-refractivity contribution < 1.29 is 14.3 Å². The molecule has 2 unspecified atom stereocenters. The average molecular weight is 288 g/mol. The largest absolute Gasteiger partial charge is 0.458 e. The highest BCUT2D eigenvalue weighted by Crippen LogP contribution is 2.36. The number of fused-ring (bicyclic) bond motifs is 1. The Morgan fingerprint density at radius 1 is 1.24 bits per heavy atom. The summed E-state index contributed by atoms with van der Waals surface area (Å²) in [5.74, 6) is 1.06. The van der Waals surface area contributed by atoms with Gasteiger partial charge in [-0.15, -0.1) is 0 Å². The Hall–Kier alpha value is -1.32. The summed E-state index contributed by atoms with van der Waals surface area (Å²) in [7, 11) is 0. The van der Waals surface area contributed by atoms with Crippen LogP contribution in [0, 0.1) is 5.92 Å². The van der Waals surface area contributed by atoms with Crippen molar-refractivity contribution in [3.8, 4) is 0 Å². The van der Waals surface area contributed by atoms with Crippen molar-refractivity contribution in [2.24, 2.45) is 5.92 Å². The molecule has 2 atom stereocenters. The Kier molecular flexibility index (Phi) is 4.61. The number of aliphatic hydroxyl groups is 1. The Bertz CT molecular complexity index is 536. The van der Waals surface area contributed by atoms with Gasteiger partial charge in [0, 0.05) is 12.0 Å². The zero-order valence-corrected chi connectivity index (χ0v) is 12.6. The first-order valence-corrected chi connectivity index (χ1v) is 8.07. The molecule has 1 heterocycles. The molecule has 0 radical (unpaired) electrons. The molecule has 1 aliphatic carbocycles. The van der Waals surface area contributed by atoms with Gasteiger partial charge in [0.15, 0.2) is 0 Å². The lowest BCUT2D eigenvalue weighted by Gasteiger charge is -2.32. The maximum atomic E-state index is 10.7. The molecule has 0 bridgehead atoms. The van der Waals surface area contributed by atoms with E-state index in [1.807, 2.05) is 37.3 Å². The molecule has 1 aromatic carbocycles. The third-order valence-electron chi connectivity index (χ3n) is 4.52. The number of hydrogen-bond acceptors (Lipinski definition) is 3. The highest BCUT2D eigenvalue weighted by molar-refractivity contribution is 5.77. The van der Waals surface area contributed by atoms with Crippen LogP contribution in [-0.4, -0.2) is 17.8 Å². The Balaban J connectivity index is 1.83. The number of rotatable bonds is 5. The van der Waals surface area contributed by atoms with Crippen LogP contribution in [0.5, 0.6) is 0 Å². The molecular weight excluding hydrogens is 264 g/mol. The van der Waals surface area contributed by atoms with E-state index in [0.717, 1.165) is 23.8 Å². The molecule has 0 saturated heterocycles. The molecule has 1 N–H and O–H groups in total. The Morgan fingerprint density at radius 2 is 2.00 bits per heavy atom. The standard InChI is InChI=1S/C18H24O3/c1-2-20-18(13-8-4-3-5-9-13)17(19)16-12-14-10-6-7-11-15(14)21-16/h6-7,10-13,17-19H,2-5,8-9H2,1H3. The molecule has 3 heteroatoms. The van der Waals surface area contributed by atoms with Crippen LogP contribution >= 0.6 is 0 Å². The number of hydrogen-bond donors (Lipinski definition) is 1. The van der Waals surface area contributed by atoms with Gasteiger partial charge in [0.05, 0.1) is 6.10 Å².